The molecule has 0 amide bonds. The molecule has 0 saturated carbocycles. The van der Waals surface area contributed by atoms with Crippen molar-refractivity contribution in [3.8, 4) is 0 Å². The lowest BCUT2D eigenvalue weighted by molar-refractivity contribution is 0.381. The smallest absolute Gasteiger partial charge is 0.0993 e. The van der Waals surface area contributed by atoms with Gasteiger partial charge in [0.2, 0.25) is 0 Å². The van der Waals surface area contributed by atoms with Crippen LogP contribution in [0.2, 0.25) is 0 Å². The molecule has 0 aromatic heterocycles. The highest BCUT2D eigenvalue weighted by Crippen LogP contribution is 2.14. The molecular formula is C8H16N2. The lowest BCUT2D eigenvalue weighted by Gasteiger charge is -2.19. The van der Waals surface area contributed by atoms with Crippen LogP contribution in [0, 0.1) is 0 Å². The summed E-state index contributed by atoms with van der Waals surface area (Å²) in [6.45, 7) is 7.78. The first-order valence-corrected chi connectivity index (χ1v) is 3.92. The first-order valence-electron chi connectivity index (χ1n) is 3.92. The van der Waals surface area contributed by atoms with Gasteiger partial charge in [-0.15, -0.1) is 0 Å². The first kappa shape index (κ1) is 7.45. The molecule has 1 heterocycles. The van der Waals surface area contributed by atoms with Crippen molar-refractivity contribution in [3.05, 3.63) is 11.9 Å². The highest BCUT2D eigenvalue weighted by atomic mass is 15.4. The minimum absolute atomic E-state index is 1.13. The van der Waals surface area contributed by atoms with Crippen LogP contribution >= 0.6 is 0 Å². The third kappa shape index (κ3) is 1.11. The molecule has 0 aromatic carbocycles. The van der Waals surface area contributed by atoms with Crippen molar-refractivity contribution in [2.24, 2.45) is 0 Å². The molecule has 2 heteroatoms. The molecule has 0 radical (unpaired) electrons. The van der Waals surface area contributed by atoms with E-state index in [-0.39, 0.29) is 0 Å². The molecule has 0 aliphatic carbocycles. The van der Waals surface area contributed by atoms with Gasteiger partial charge >= 0.3 is 0 Å². The van der Waals surface area contributed by atoms with Crippen LogP contribution in [0.25, 0.3) is 0 Å². The van der Waals surface area contributed by atoms with E-state index in [0.717, 1.165) is 6.54 Å². The minimum Gasteiger partial charge on any atom is -0.360 e. The van der Waals surface area contributed by atoms with Crippen molar-refractivity contribution in [1.82, 2.24) is 9.80 Å². The van der Waals surface area contributed by atoms with Gasteiger partial charge in [0.05, 0.1) is 5.82 Å². The zero-order chi connectivity index (χ0) is 7.56. The highest BCUT2D eigenvalue weighted by molar-refractivity contribution is 5.02. The standard InChI is InChI=1S/C8H16N2/c1-4-8-9(3)6-7-10(8)5-2/h4H,5-7H2,1-3H3/b8-4+. The van der Waals surface area contributed by atoms with Gasteiger partial charge in [0.25, 0.3) is 0 Å². The maximum Gasteiger partial charge on any atom is 0.0993 e. The molecule has 2 nitrogen and oxygen atoms in total. The van der Waals surface area contributed by atoms with Crippen LogP contribution in [0.3, 0.4) is 0 Å². The second kappa shape index (κ2) is 2.95. The molecule has 0 atom stereocenters. The van der Waals surface area contributed by atoms with E-state index in [1.165, 1.54) is 18.9 Å². The van der Waals surface area contributed by atoms with E-state index >= 15 is 0 Å². The van der Waals surface area contributed by atoms with Crippen LogP contribution in [-0.4, -0.2) is 36.5 Å². The number of nitrogens with zero attached hydrogens (tertiary/aromatic N) is 2. The Morgan fingerprint density at radius 2 is 2.20 bits per heavy atom. The fourth-order valence-corrected chi connectivity index (χ4v) is 1.46. The summed E-state index contributed by atoms with van der Waals surface area (Å²) in [6.07, 6.45) is 2.18. The number of allylic oxidation sites excluding steroid dienone is 1. The van der Waals surface area contributed by atoms with Crippen molar-refractivity contribution in [3.63, 3.8) is 0 Å². The maximum atomic E-state index is 2.39. The second-order valence-electron chi connectivity index (χ2n) is 2.65. The summed E-state index contributed by atoms with van der Waals surface area (Å²) >= 11 is 0. The van der Waals surface area contributed by atoms with E-state index in [9.17, 15) is 0 Å². The Kier molecular flexibility index (Phi) is 2.20. The summed E-state index contributed by atoms with van der Waals surface area (Å²) in [5.74, 6) is 1.38. The largest absolute Gasteiger partial charge is 0.360 e. The van der Waals surface area contributed by atoms with Crippen molar-refractivity contribution in [1.29, 1.82) is 0 Å². The monoisotopic (exact) mass is 140 g/mol. The van der Waals surface area contributed by atoms with E-state index in [1.54, 1.807) is 0 Å². The quantitative estimate of drug-likeness (QED) is 0.538. The zero-order valence-electron chi connectivity index (χ0n) is 7.09. The van der Waals surface area contributed by atoms with E-state index < -0.39 is 0 Å². The summed E-state index contributed by atoms with van der Waals surface area (Å²) in [5.41, 5.74) is 0. The molecule has 0 unspecified atom stereocenters. The Bertz CT molecular complexity index is 140. The Morgan fingerprint density at radius 1 is 1.50 bits per heavy atom. The molecule has 1 rings (SSSR count). The predicted molar refractivity (Wildman–Crippen MR) is 43.6 cm³/mol. The van der Waals surface area contributed by atoms with Crippen molar-refractivity contribution >= 4 is 0 Å². The molecule has 0 aromatic rings. The number of hydrogen-bond donors (Lipinski definition) is 0. The van der Waals surface area contributed by atoms with Crippen LogP contribution in [0.5, 0.6) is 0 Å². The van der Waals surface area contributed by atoms with E-state index in [1.807, 2.05) is 0 Å². The third-order valence-corrected chi connectivity index (χ3v) is 2.06. The Hall–Kier alpha value is -0.660. The van der Waals surface area contributed by atoms with Gasteiger partial charge in [0.15, 0.2) is 0 Å². The normalized spacial score (nSPS) is 22.9. The zero-order valence-corrected chi connectivity index (χ0v) is 7.09. The van der Waals surface area contributed by atoms with Gasteiger partial charge in [-0.05, 0) is 19.9 Å². The molecule has 1 saturated heterocycles. The summed E-state index contributed by atoms with van der Waals surface area (Å²) < 4.78 is 0. The van der Waals surface area contributed by atoms with Crippen molar-refractivity contribution in [2.75, 3.05) is 26.7 Å². The van der Waals surface area contributed by atoms with Gasteiger partial charge in [-0.3, -0.25) is 0 Å². The first-order chi connectivity index (χ1) is 4.79. The predicted octanol–water partition coefficient (Wildman–Crippen LogP) is 1.12. The molecule has 1 aliphatic heterocycles. The van der Waals surface area contributed by atoms with Gasteiger partial charge < -0.3 is 9.80 Å². The van der Waals surface area contributed by atoms with Crippen molar-refractivity contribution < 1.29 is 0 Å². The average Bonchev–Trinajstić information content (AvgIpc) is 2.30. The lowest BCUT2D eigenvalue weighted by atomic mass is 10.5. The summed E-state index contributed by atoms with van der Waals surface area (Å²) in [7, 11) is 2.14. The third-order valence-electron chi connectivity index (χ3n) is 2.06. The highest BCUT2D eigenvalue weighted by Gasteiger charge is 2.17. The topological polar surface area (TPSA) is 6.48 Å². The Morgan fingerprint density at radius 3 is 2.60 bits per heavy atom. The van der Waals surface area contributed by atoms with Crippen molar-refractivity contribution in [2.45, 2.75) is 13.8 Å². The summed E-state index contributed by atoms with van der Waals surface area (Å²) in [5, 5.41) is 0. The van der Waals surface area contributed by atoms with Crippen LogP contribution in [0.1, 0.15) is 13.8 Å². The van der Waals surface area contributed by atoms with E-state index in [0.29, 0.717) is 0 Å². The van der Waals surface area contributed by atoms with E-state index in [4.69, 9.17) is 0 Å². The molecular weight excluding hydrogens is 124 g/mol. The van der Waals surface area contributed by atoms with E-state index in [2.05, 4.69) is 36.8 Å². The second-order valence-corrected chi connectivity index (χ2v) is 2.65. The van der Waals surface area contributed by atoms with Gasteiger partial charge in [-0.1, -0.05) is 0 Å². The number of rotatable bonds is 1. The molecule has 0 spiro atoms. The lowest BCUT2D eigenvalue weighted by Crippen LogP contribution is -2.19. The molecule has 1 fully saturated rings. The average molecular weight is 140 g/mol. The fraction of sp³-hybridized carbons (Fsp3) is 0.750. The SMILES string of the molecule is C/C=C1\N(C)CCN1CC. The summed E-state index contributed by atoms with van der Waals surface area (Å²) in [6, 6.07) is 0. The van der Waals surface area contributed by atoms with Gasteiger partial charge in [0.1, 0.15) is 0 Å². The maximum absolute atomic E-state index is 2.39. The van der Waals surface area contributed by atoms with Crippen LogP contribution in [0.4, 0.5) is 0 Å². The number of hydrogen-bond acceptors (Lipinski definition) is 2. The summed E-state index contributed by atoms with van der Waals surface area (Å²) in [4.78, 5) is 4.68. The van der Waals surface area contributed by atoms with Crippen LogP contribution in [0.15, 0.2) is 11.9 Å². The van der Waals surface area contributed by atoms with Gasteiger partial charge in [0, 0.05) is 26.7 Å². The van der Waals surface area contributed by atoms with Crippen LogP contribution in [-0.2, 0) is 0 Å². The molecule has 0 bridgehead atoms. The van der Waals surface area contributed by atoms with Crippen LogP contribution < -0.4 is 0 Å². The number of likely N-dealkylation sites (N-methyl/N-ethyl adjacent to an activating group) is 2. The fourth-order valence-electron chi connectivity index (χ4n) is 1.46. The molecule has 0 N–H and O–H groups in total. The Balaban J connectivity index is 2.64. The molecule has 1 aliphatic rings. The van der Waals surface area contributed by atoms with Gasteiger partial charge in [-0.25, -0.2) is 0 Å². The Labute approximate surface area is 63.1 Å². The minimum atomic E-state index is 1.13. The molecule has 58 valence electrons. The molecule has 10 heavy (non-hydrogen) atoms. The van der Waals surface area contributed by atoms with Gasteiger partial charge in [-0.2, -0.15) is 0 Å².